The first-order chi connectivity index (χ1) is 15.8. The van der Waals surface area contributed by atoms with Crippen molar-refractivity contribution in [3.05, 3.63) is 23.8 Å². The van der Waals surface area contributed by atoms with Crippen molar-refractivity contribution in [1.82, 2.24) is 14.5 Å². The SMILES string of the molecule is CC(=O)N1c2ccc(S(=O)(=O)N3CCCC3)cc2C[C@H]1C(=O)NCCN(C)C1CCCCC1. The van der Waals surface area contributed by atoms with E-state index in [9.17, 15) is 18.0 Å². The van der Waals surface area contributed by atoms with Crippen molar-refractivity contribution < 1.29 is 18.0 Å². The Morgan fingerprint density at radius 1 is 1.09 bits per heavy atom. The zero-order chi connectivity index (χ0) is 23.6. The average Bonchev–Trinajstić information content (AvgIpc) is 3.47. The van der Waals surface area contributed by atoms with Crippen LogP contribution in [-0.2, 0) is 26.0 Å². The molecule has 0 aromatic heterocycles. The van der Waals surface area contributed by atoms with Gasteiger partial charge in [0.15, 0.2) is 0 Å². The van der Waals surface area contributed by atoms with Crippen LogP contribution in [0.1, 0.15) is 57.4 Å². The fourth-order valence-electron chi connectivity index (χ4n) is 5.44. The Labute approximate surface area is 197 Å². The highest BCUT2D eigenvalue weighted by Crippen LogP contribution is 2.35. The van der Waals surface area contributed by atoms with Crippen LogP contribution in [0.3, 0.4) is 0 Å². The standard InChI is InChI=1S/C24H36N4O4S/c1-18(29)28-22-11-10-21(33(31,32)27-13-6-7-14-27)16-19(22)17-23(28)24(30)25-12-15-26(2)20-8-4-3-5-9-20/h10-11,16,20,23H,3-9,12-15,17H2,1-2H3,(H,25,30)/t23-/m0/s1. The van der Waals surface area contributed by atoms with Gasteiger partial charge < -0.3 is 10.2 Å². The van der Waals surface area contributed by atoms with E-state index >= 15 is 0 Å². The van der Waals surface area contributed by atoms with E-state index in [2.05, 4.69) is 17.3 Å². The average molecular weight is 477 g/mol. The molecule has 33 heavy (non-hydrogen) atoms. The molecule has 9 heteroatoms. The minimum absolute atomic E-state index is 0.192. The smallest absolute Gasteiger partial charge is 0.243 e. The summed E-state index contributed by atoms with van der Waals surface area (Å²) in [5, 5.41) is 3.00. The first-order valence-corrected chi connectivity index (χ1v) is 13.6. The number of likely N-dealkylation sites (N-methyl/N-ethyl adjacent to an activating group) is 1. The number of nitrogens with one attached hydrogen (secondary N) is 1. The lowest BCUT2D eigenvalue weighted by Crippen LogP contribution is -2.49. The van der Waals surface area contributed by atoms with Crippen LogP contribution in [0.25, 0.3) is 0 Å². The molecule has 1 saturated carbocycles. The fraction of sp³-hybridized carbons (Fsp3) is 0.667. The molecule has 1 aliphatic carbocycles. The summed E-state index contributed by atoms with van der Waals surface area (Å²) in [5.74, 6) is -0.411. The molecule has 0 bridgehead atoms. The Bertz CT molecular complexity index is 984. The number of rotatable bonds is 7. The molecular formula is C24H36N4O4S. The second kappa shape index (κ2) is 10.1. The van der Waals surface area contributed by atoms with Crippen molar-refractivity contribution in [2.24, 2.45) is 0 Å². The molecule has 2 amide bonds. The van der Waals surface area contributed by atoms with Gasteiger partial charge in [-0.25, -0.2) is 8.42 Å². The molecule has 8 nitrogen and oxygen atoms in total. The Balaban J connectivity index is 1.42. The lowest BCUT2D eigenvalue weighted by molar-refractivity contribution is -0.125. The van der Waals surface area contributed by atoms with E-state index in [1.807, 2.05) is 0 Å². The van der Waals surface area contributed by atoms with Crippen LogP contribution in [0.5, 0.6) is 0 Å². The second-order valence-corrected chi connectivity index (χ2v) is 11.5. The summed E-state index contributed by atoms with van der Waals surface area (Å²) in [6, 6.07) is 4.80. The number of hydrogen-bond acceptors (Lipinski definition) is 5. The first-order valence-electron chi connectivity index (χ1n) is 12.2. The van der Waals surface area contributed by atoms with Crippen LogP contribution in [-0.4, -0.2) is 74.7 Å². The second-order valence-electron chi connectivity index (χ2n) is 9.57. The van der Waals surface area contributed by atoms with Crippen molar-refractivity contribution in [2.45, 2.75) is 75.3 Å². The molecule has 4 rings (SSSR count). The van der Waals surface area contributed by atoms with Gasteiger partial charge in [-0.3, -0.25) is 14.5 Å². The summed E-state index contributed by atoms with van der Waals surface area (Å²) in [6.07, 6.45) is 8.34. The van der Waals surface area contributed by atoms with Gasteiger partial charge in [0.05, 0.1) is 4.90 Å². The van der Waals surface area contributed by atoms with Crippen LogP contribution in [0, 0.1) is 0 Å². The highest BCUT2D eigenvalue weighted by Gasteiger charge is 2.38. The molecule has 1 saturated heterocycles. The Morgan fingerprint density at radius 2 is 1.79 bits per heavy atom. The van der Waals surface area contributed by atoms with Crippen LogP contribution in [0.2, 0.25) is 0 Å². The van der Waals surface area contributed by atoms with E-state index in [0.717, 1.165) is 24.9 Å². The van der Waals surface area contributed by atoms with Crippen molar-refractivity contribution in [1.29, 1.82) is 0 Å². The molecule has 2 fully saturated rings. The molecule has 1 aromatic rings. The van der Waals surface area contributed by atoms with Gasteiger partial charge in [0, 0.05) is 51.3 Å². The third-order valence-corrected chi connectivity index (χ3v) is 9.24. The number of anilines is 1. The van der Waals surface area contributed by atoms with Crippen molar-refractivity contribution in [3.63, 3.8) is 0 Å². The zero-order valence-electron chi connectivity index (χ0n) is 19.8. The van der Waals surface area contributed by atoms with Gasteiger partial charge >= 0.3 is 0 Å². The number of sulfonamides is 1. The summed E-state index contributed by atoms with van der Waals surface area (Å²) < 4.78 is 27.4. The molecule has 1 N–H and O–H groups in total. The number of hydrogen-bond donors (Lipinski definition) is 1. The number of benzene rings is 1. The van der Waals surface area contributed by atoms with Crippen molar-refractivity contribution in [2.75, 3.05) is 38.1 Å². The Kier molecular flexibility index (Phi) is 7.40. The molecule has 1 atom stereocenters. The predicted octanol–water partition coefficient (Wildman–Crippen LogP) is 2.13. The maximum Gasteiger partial charge on any atom is 0.243 e. The van der Waals surface area contributed by atoms with Gasteiger partial charge in [0.25, 0.3) is 0 Å². The minimum atomic E-state index is -3.55. The number of carbonyl (C=O) groups is 2. The third-order valence-electron chi connectivity index (χ3n) is 7.34. The number of fused-ring (bicyclic) bond motifs is 1. The number of nitrogens with zero attached hydrogens (tertiary/aromatic N) is 3. The van der Waals surface area contributed by atoms with Gasteiger partial charge in [-0.1, -0.05) is 19.3 Å². The molecule has 2 heterocycles. The van der Waals surface area contributed by atoms with E-state index in [1.54, 1.807) is 18.2 Å². The Morgan fingerprint density at radius 3 is 2.45 bits per heavy atom. The maximum absolute atomic E-state index is 13.0. The van der Waals surface area contributed by atoms with Gasteiger partial charge in [0.1, 0.15) is 6.04 Å². The molecule has 2 aliphatic heterocycles. The summed E-state index contributed by atoms with van der Waals surface area (Å²) in [5.41, 5.74) is 1.35. The van der Waals surface area contributed by atoms with E-state index in [1.165, 1.54) is 48.2 Å². The molecule has 0 spiro atoms. The van der Waals surface area contributed by atoms with Gasteiger partial charge in [-0.2, -0.15) is 4.31 Å². The summed E-state index contributed by atoms with van der Waals surface area (Å²) >= 11 is 0. The van der Waals surface area contributed by atoms with Crippen LogP contribution < -0.4 is 10.2 Å². The summed E-state index contributed by atoms with van der Waals surface area (Å²) in [4.78, 5) is 29.5. The molecular weight excluding hydrogens is 440 g/mol. The van der Waals surface area contributed by atoms with Crippen LogP contribution >= 0.6 is 0 Å². The normalized spacial score (nSPS) is 22.0. The Hall–Kier alpha value is -1.97. The van der Waals surface area contributed by atoms with Gasteiger partial charge in [-0.05, 0) is 56.5 Å². The topological polar surface area (TPSA) is 90.0 Å². The third kappa shape index (κ3) is 5.10. The van der Waals surface area contributed by atoms with Gasteiger partial charge in [0.2, 0.25) is 21.8 Å². The van der Waals surface area contributed by atoms with E-state index in [-0.39, 0.29) is 16.7 Å². The lowest BCUT2D eigenvalue weighted by Gasteiger charge is -2.31. The van der Waals surface area contributed by atoms with Gasteiger partial charge in [-0.15, -0.1) is 0 Å². The van der Waals surface area contributed by atoms with E-state index in [0.29, 0.717) is 37.8 Å². The largest absolute Gasteiger partial charge is 0.353 e. The first kappa shape index (κ1) is 24.2. The molecule has 1 aromatic carbocycles. The highest BCUT2D eigenvalue weighted by molar-refractivity contribution is 7.89. The predicted molar refractivity (Wildman–Crippen MR) is 128 cm³/mol. The highest BCUT2D eigenvalue weighted by atomic mass is 32.2. The molecule has 182 valence electrons. The van der Waals surface area contributed by atoms with Crippen LogP contribution in [0.15, 0.2) is 23.1 Å². The lowest BCUT2D eigenvalue weighted by atomic mass is 9.94. The minimum Gasteiger partial charge on any atom is -0.353 e. The van der Waals surface area contributed by atoms with Crippen molar-refractivity contribution >= 4 is 27.5 Å². The molecule has 0 radical (unpaired) electrons. The van der Waals surface area contributed by atoms with Crippen molar-refractivity contribution in [3.8, 4) is 0 Å². The summed E-state index contributed by atoms with van der Waals surface area (Å²) in [6.45, 7) is 3.83. The summed E-state index contributed by atoms with van der Waals surface area (Å²) in [7, 11) is -1.44. The quantitative estimate of drug-likeness (QED) is 0.651. The maximum atomic E-state index is 13.0. The molecule has 0 unspecified atom stereocenters. The fourth-order valence-corrected chi connectivity index (χ4v) is 7.01. The number of amides is 2. The molecule has 3 aliphatic rings. The van der Waals surface area contributed by atoms with E-state index < -0.39 is 16.1 Å². The van der Waals surface area contributed by atoms with E-state index in [4.69, 9.17) is 0 Å². The van der Waals surface area contributed by atoms with Crippen LogP contribution in [0.4, 0.5) is 5.69 Å². The monoisotopic (exact) mass is 476 g/mol. The number of carbonyl (C=O) groups excluding carboxylic acids is 2. The zero-order valence-corrected chi connectivity index (χ0v) is 20.6.